The molecule has 8 heteroatoms. The first-order valence-electron chi connectivity index (χ1n) is 5.73. The second kappa shape index (κ2) is 7.01. The van der Waals surface area contributed by atoms with E-state index in [0.717, 1.165) is 22.4 Å². The number of carbonyl (C=O) groups is 1. The van der Waals surface area contributed by atoms with Gasteiger partial charge in [0.05, 0.1) is 4.92 Å². The van der Waals surface area contributed by atoms with E-state index in [0.29, 0.717) is 12.2 Å². The van der Waals surface area contributed by atoms with Gasteiger partial charge in [-0.15, -0.1) is 11.8 Å². The van der Waals surface area contributed by atoms with Crippen LogP contribution in [0.3, 0.4) is 0 Å². The van der Waals surface area contributed by atoms with Gasteiger partial charge in [-0.25, -0.2) is 4.98 Å². The topological polar surface area (TPSA) is 85.1 Å². The van der Waals surface area contributed by atoms with E-state index in [1.807, 2.05) is 30.3 Å². The smallest absolute Gasteiger partial charge is 0.302 e. The third-order valence-corrected chi connectivity index (χ3v) is 4.14. The summed E-state index contributed by atoms with van der Waals surface area (Å²) in [6.45, 7) is 0. The molecule has 6 nitrogen and oxygen atoms in total. The minimum atomic E-state index is -0.529. The molecule has 1 amide bonds. The third kappa shape index (κ3) is 4.32. The Morgan fingerprint density at radius 1 is 1.40 bits per heavy atom. The molecular weight excluding hydrogens is 298 g/mol. The summed E-state index contributed by atoms with van der Waals surface area (Å²) in [5, 5.41) is 13.2. The lowest BCUT2D eigenvalue weighted by Gasteiger charge is -2.01. The number of nitrogens with zero attached hydrogens (tertiary/aromatic N) is 2. The number of benzene rings is 1. The fourth-order valence-electron chi connectivity index (χ4n) is 1.37. The molecule has 1 aromatic heterocycles. The molecule has 0 unspecified atom stereocenters. The van der Waals surface area contributed by atoms with Gasteiger partial charge in [0, 0.05) is 17.1 Å². The Balaban J connectivity index is 1.76. The average Bonchev–Trinajstić information content (AvgIpc) is 2.88. The predicted molar refractivity (Wildman–Crippen MR) is 79.2 cm³/mol. The molecule has 1 aromatic carbocycles. The third-order valence-electron chi connectivity index (χ3n) is 2.26. The lowest BCUT2D eigenvalue weighted by Crippen LogP contribution is -2.11. The van der Waals surface area contributed by atoms with E-state index in [1.165, 1.54) is 0 Å². The summed E-state index contributed by atoms with van der Waals surface area (Å²) in [7, 11) is 0. The summed E-state index contributed by atoms with van der Waals surface area (Å²) in [5.74, 6) is 0.446. The number of hydrogen-bond donors (Lipinski definition) is 1. The number of amides is 1. The second-order valence-corrected chi connectivity index (χ2v) is 5.90. The molecule has 1 N–H and O–H groups in total. The van der Waals surface area contributed by atoms with Crippen LogP contribution in [-0.2, 0) is 4.79 Å². The van der Waals surface area contributed by atoms with Crippen LogP contribution in [0.5, 0.6) is 0 Å². The van der Waals surface area contributed by atoms with Crippen molar-refractivity contribution in [2.45, 2.75) is 11.3 Å². The van der Waals surface area contributed by atoms with Crippen molar-refractivity contribution in [1.82, 2.24) is 4.98 Å². The maximum atomic E-state index is 11.7. The number of aromatic nitrogens is 1. The quantitative estimate of drug-likeness (QED) is 0.503. The standard InChI is InChI=1S/C12H11N3O3S2/c16-10(6-7-19-9-4-2-1-3-5-9)14-12-13-8-11(20-12)15(17)18/h1-5,8H,6-7H2,(H,13,14,16). The van der Waals surface area contributed by atoms with Crippen molar-refractivity contribution in [1.29, 1.82) is 0 Å². The van der Waals surface area contributed by atoms with Crippen LogP contribution in [0.2, 0.25) is 0 Å². The maximum Gasteiger partial charge on any atom is 0.345 e. The first-order valence-corrected chi connectivity index (χ1v) is 7.53. The average molecular weight is 309 g/mol. The number of hydrogen-bond acceptors (Lipinski definition) is 6. The number of nitrogens with one attached hydrogen (secondary N) is 1. The largest absolute Gasteiger partial charge is 0.345 e. The zero-order chi connectivity index (χ0) is 14.4. The molecule has 2 rings (SSSR count). The molecule has 0 aliphatic carbocycles. The predicted octanol–water partition coefficient (Wildman–Crippen LogP) is 3.17. The molecular formula is C12H11N3O3S2. The van der Waals surface area contributed by atoms with Gasteiger partial charge >= 0.3 is 5.00 Å². The lowest BCUT2D eigenvalue weighted by molar-refractivity contribution is -0.380. The van der Waals surface area contributed by atoms with E-state index in [1.54, 1.807) is 11.8 Å². The van der Waals surface area contributed by atoms with Crippen LogP contribution in [0, 0.1) is 10.1 Å². The van der Waals surface area contributed by atoms with Crippen LogP contribution in [0.1, 0.15) is 6.42 Å². The van der Waals surface area contributed by atoms with E-state index in [9.17, 15) is 14.9 Å². The van der Waals surface area contributed by atoms with Crippen molar-refractivity contribution in [2.24, 2.45) is 0 Å². The van der Waals surface area contributed by atoms with Gasteiger partial charge in [-0.05, 0) is 23.5 Å². The van der Waals surface area contributed by atoms with Crippen LogP contribution in [0.15, 0.2) is 41.4 Å². The van der Waals surface area contributed by atoms with Gasteiger partial charge in [0.2, 0.25) is 5.91 Å². The van der Waals surface area contributed by atoms with E-state index in [4.69, 9.17) is 0 Å². The van der Waals surface area contributed by atoms with Crippen LogP contribution < -0.4 is 5.32 Å². The van der Waals surface area contributed by atoms with Crippen molar-refractivity contribution in [2.75, 3.05) is 11.1 Å². The summed E-state index contributed by atoms with van der Waals surface area (Å²) < 4.78 is 0. The van der Waals surface area contributed by atoms with E-state index in [2.05, 4.69) is 10.3 Å². The monoisotopic (exact) mass is 309 g/mol. The first-order chi connectivity index (χ1) is 9.65. The number of anilines is 1. The molecule has 0 bridgehead atoms. The fraction of sp³-hybridized carbons (Fsp3) is 0.167. The second-order valence-electron chi connectivity index (χ2n) is 3.72. The van der Waals surface area contributed by atoms with Gasteiger partial charge in [0.15, 0.2) is 5.13 Å². The van der Waals surface area contributed by atoms with E-state index >= 15 is 0 Å². The van der Waals surface area contributed by atoms with Crippen LogP contribution in [0.25, 0.3) is 0 Å². The number of rotatable bonds is 6. The molecule has 0 aliphatic heterocycles. The molecule has 2 aromatic rings. The number of carbonyl (C=O) groups excluding carboxylic acids is 1. The summed E-state index contributed by atoms with van der Waals surface area (Å²) in [4.78, 5) is 26.5. The lowest BCUT2D eigenvalue weighted by atomic mass is 10.4. The van der Waals surface area contributed by atoms with E-state index < -0.39 is 4.92 Å². The summed E-state index contributed by atoms with van der Waals surface area (Å²) >= 11 is 2.43. The number of nitro groups is 1. The molecule has 1 heterocycles. The zero-order valence-electron chi connectivity index (χ0n) is 10.3. The van der Waals surface area contributed by atoms with Gasteiger partial charge in [-0.3, -0.25) is 14.9 Å². The normalized spacial score (nSPS) is 10.2. The molecule has 0 radical (unpaired) electrons. The molecule has 104 valence electrons. The van der Waals surface area contributed by atoms with Gasteiger partial charge in [-0.1, -0.05) is 18.2 Å². The highest BCUT2D eigenvalue weighted by molar-refractivity contribution is 7.99. The summed E-state index contributed by atoms with van der Waals surface area (Å²) in [6.07, 6.45) is 1.46. The molecule has 0 aliphatic rings. The van der Waals surface area contributed by atoms with Crippen LogP contribution in [0.4, 0.5) is 10.1 Å². The minimum Gasteiger partial charge on any atom is -0.302 e. The SMILES string of the molecule is O=C(CCSc1ccccc1)Nc1ncc([N+](=O)[O-])s1. The number of thiazole rings is 1. The molecule has 0 saturated carbocycles. The maximum absolute atomic E-state index is 11.7. The Kier molecular flexibility index (Phi) is 5.08. The fourth-order valence-corrected chi connectivity index (χ4v) is 2.89. The summed E-state index contributed by atoms with van der Waals surface area (Å²) in [5.41, 5.74) is 0. The minimum absolute atomic E-state index is 0.0843. The summed E-state index contributed by atoms with van der Waals surface area (Å²) in [6, 6.07) is 9.78. The van der Waals surface area contributed by atoms with Crippen molar-refractivity contribution >= 4 is 39.1 Å². The van der Waals surface area contributed by atoms with Crippen molar-refractivity contribution in [3.05, 3.63) is 46.6 Å². The molecule has 0 fully saturated rings. The van der Waals surface area contributed by atoms with Gasteiger partial charge in [-0.2, -0.15) is 0 Å². The van der Waals surface area contributed by atoms with E-state index in [-0.39, 0.29) is 16.0 Å². The van der Waals surface area contributed by atoms with Crippen molar-refractivity contribution in [3.63, 3.8) is 0 Å². The Morgan fingerprint density at radius 2 is 2.15 bits per heavy atom. The molecule has 0 atom stereocenters. The highest BCUT2D eigenvalue weighted by atomic mass is 32.2. The first kappa shape index (κ1) is 14.5. The van der Waals surface area contributed by atoms with Crippen molar-refractivity contribution < 1.29 is 9.72 Å². The van der Waals surface area contributed by atoms with Crippen LogP contribution >= 0.6 is 23.1 Å². The highest BCUT2D eigenvalue weighted by Crippen LogP contribution is 2.25. The molecule has 0 saturated heterocycles. The van der Waals surface area contributed by atoms with Gasteiger partial charge < -0.3 is 5.32 Å². The van der Waals surface area contributed by atoms with Gasteiger partial charge in [0.1, 0.15) is 6.20 Å². The Hall–Kier alpha value is -1.93. The Morgan fingerprint density at radius 3 is 2.80 bits per heavy atom. The zero-order valence-corrected chi connectivity index (χ0v) is 11.9. The number of thioether (sulfide) groups is 1. The van der Waals surface area contributed by atoms with Crippen molar-refractivity contribution in [3.8, 4) is 0 Å². The molecule has 0 spiro atoms. The Labute approximate surface area is 123 Å². The molecule has 20 heavy (non-hydrogen) atoms. The van der Waals surface area contributed by atoms with Crippen LogP contribution in [-0.4, -0.2) is 21.6 Å². The highest BCUT2D eigenvalue weighted by Gasteiger charge is 2.13. The van der Waals surface area contributed by atoms with Gasteiger partial charge in [0.25, 0.3) is 0 Å². The Bertz CT molecular complexity index is 601.